The fraction of sp³-hybridized carbons (Fsp3) is 0.250. The second-order valence-corrected chi connectivity index (χ2v) is 8.61. The Morgan fingerprint density at radius 3 is 2.79 bits per heavy atom. The molecule has 146 valence electrons. The standard InChI is InChI=1S/C20H17N5O2S2/c21-10-14-13-8-4-5-9-15(13)29-19(14)22-16(26)11-28-20-23-18(27)17(24-25-20)12-6-2-1-3-7-12/h1-3,6-7H,4-5,8-9,11H2,(H,22,26)(H,23,25,27). The molecular formula is C20H17N5O2S2. The fourth-order valence-electron chi connectivity index (χ4n) is 3.24. The summed E-state index contributed by atoms with van der Waals surface area (Å²) in [6.07, 6.45) is 4.05. The van der Waals surface area contributed by atoms with Gasteiger partial charge in [0.25, 0.3) is 5.56 Å². The number of aromatic nitrogens is 3. The van der Waals surface area contributed by atoms with E-state index in [1.807, 2.05) is 18.2 Å². The zero-order valence-corrected chi connectivity index (χ0v) is 17.0. The van der Waals surface area contributed by atoms with Crippen LogP contribution in [0.1, 0.15) is 28.8 Å². The maximum absolute atomic E-state index is 12.4. The number of rotatable bonds is 5. The molecule has 3 aromatic rings. The number of H-pyrrole nitrogens is 1. The monoisotopic (exact) mass is 423 g/mol. The lowest BCUT2D eigenvalue weighted by atomic mass is 9.96. The Kier molecular flexibility index (Phi) is 5.74. The van der Waals surface area contributed by atoms with E-state index in [0.717, 1.165) is 43.0 Å². The van der Waals surface area contributed by atoms with Crippen molar-refractivity contribution in [3.05, 3.63) is 56.7 Å². The summed E-state index contributed by atoms with van der Waals surface area (Å²) in [4.78, 5) is 28.5. The van der Waals surface area contributed by atoms with Crippen LogP contribution in [0.5, 0.6) is 0 Å². The number of thiophene rings is 1. The van der Waals surface area contributed by atoms with Crippen molar-refractivity contribution in [2.45, 2.75) is 30.8 Å². The highest BCUT2D eigenvalue weighted by molar-refractivity contribution is 7.99. The molecule has 1 amide bonds. The first kappa shape index (κ1) is 19.4. The van der Waals surface area contributed by atoms with Crippen molar-refractivity contribution in [1.82, 2.24) is 15.2 Å². The minimum atomic E-state index is -0.355. The third-order valence-electron chi connectivity index (χ3n) is 4.60. The van der Waals surface area contributed by atoms with Gasteiger partial charge in [0.1, 0.15) is 11.1 Å². The predicted molar refractivity (Wildman–Crippen MR) is 113 cm³/mol. The Morgan fingerprint density at radius 1 is 1.24 bits per heavy atom. The quantitative estimate of drug-likeness (QED) is 0.609. The molecule has 0 radical (unpaired) electrons. The minimum absolute atomic E-state index is 0.0583. The normalized spacial score (nSPS) is 12.8. The van der Waals surface area contributed by atoms with Gasteiger partial charge < -0.3 is 5.32 Å². The molecule has 0 spiro atoms. The highest BCUT2D eigenvalue weighted by atomic mass is 32.2. The van der Waals surface area contributed by atoms with Crippen molar-refractivity contribution in [3.8, 4) is 17.3 Å². The molecule has 0 saturated heterocycles. The summed E-state index contributed by atoms with van der Waals surface area (Å²) >= 11 is 2.58. The SMILES string of the molecule is N#Cc1c(NC(=O)CSc2nnc(-c3ccccc3)c(=O)[nH]2)sc2c1CCCC2. The van der Waals surface area contributed by atoms with Gasteiger partial charge in [-0.15, -0.1) is 21.5 Å². The molecule has 0 fully saturated rings. The molecule has 0 unspecified atom stereocenters. The number of anilines is 1. The fourth-order valence-corrected chi connectivity index (χ4v) is 5.10. The number of hydrogen-bond acceptors (Lipinski definition) is 7. The van der Waals surface area contributed by atoms with E-state index in [0.29, 0.717) is 16.1 Å². The summed E-state index contributed by atoms with van der Waals surface area (Å²) in [6, 6.07) is 11.3. The van der Waals surface area contributed by atoms with E-state index in [-0.39, 0.29) is 28.1 Å². The summed E-state index contributed by atoms with van der Waals surface area (Å²) in [5.41, 5.74) is 2.23. The highest BCUT2D eigenvalue weighted by Gasteiger charge is 2.22. The van der Waals surface area contributed by atoms with Crippen LogP contribution in [0.15, 0.2) is 40.3 Å². The zero-order valence-electron chi connectivity index (χ0n) is 15.4. The molecule has 1 aromatic carbocycles. The van der Waals surface area contributed by atoms with Gasteiger partial charge in [-0.05, 0) is 31.2 Å². The number of nitrogens with one attached hydrogen (secondary N) is 2. The Morgan fingerprint density at radius 2 is 2.03 bits per heavy atom. The molecule has 2 heterocycles. The van der Waals surface area contributed by atoms with Gasteiger partial charge in [-0.1, -0.05) is 42.1 Å². The van der Waals surface area contributed by atoms with E-state index in [2.05, 4.69) is 26.6 Å². The van der Waals surface area contributed by atoms with Crippen LogP contribution in [0.3, 0.4) is 0 Å². The molecule has 29 heavy (non-hydrogen) atoms. The highest BCUT2D eigenvalue weighted by Crippen LogP contribution is 2.37. The number of fused-ring (bicyclic) bond motifs is 1. The molecule has 9 heteroatoms. The summed E-state index contributed by atoms with van der Waals surface area (Å²) in [5.74, 6) is -0.192. The molecule has 2 aromatic heterocycles. The molecule has 0 atom stereocenters. The molecule has 1 aliphatic rings. The number of carbonyl (C=O) groups is 1. The van der Waals surface area contributed by atoms with Crippen molar-refractivity contribution in [2.24, 2.45) is 0 Å². The van der Waals surface area contributed by atoms with E-state index < -0.39 is 0 Å². The number of nitriles is 1. The molecule has 1 aliphatic carbocycles. The van der Waals surface area contributed by atoms with Gasteiger partial charge in [-0.2, -0.15) is 5.26 Å². The van der Waals surface area contributed by atoms with Crippen LogP contribution in [0.2, 0.25) is 0 Å². The summed E-state index contributed by atoms with van der Waals surface area (Å²) in [7, 11) is 0. The Labute approximate surface area is 175 Å². The van der Waals surface area contributed by atoms with Crippen LogP contribution >= 0.6 is 23.1 Å². The number of aryl methyl sites for hydroxylation is 1. The van der Waals surface area contributed by atoms with Crippen LogP contribution in [-0.2, 0) is 17.6 Å². The van der Waals surface area contributed by atoms with Crippen molar-refractivity contribution >= 4 is 34.0 Å². The van der Waals surface area contributed by atoms with Gasteiger partial charge in [-0.3, -0.25) is 14.6 Å². The zero-order chi connectivity index (χ0) is 20.2. The van der Waals surface area contributed by atoms with Crippen molar-refractivity contribution in [2.75, 3.05) is 11.1 Å². The summed E-state index contributed by atoms with van der Waals surface area (Å²) in [6.45, 7) is 0. The van der Waals surface area contributed by atoms with Gasteiger partial charge in [0, 0.05) is 10.4 Å². The molecule has 0 saturated carbocycles. The maximum atomic E-state index is 12.4. The number of aromatic amines is 1. The predicted octanol–water partition coefficient (Wildman–Crippen LogP) is 3.37. The lowest BCUT2D eigenvalue weighted by molar-refractivity contribution is -0.113. The minimum Gasteiger partial charge on any atom is -0.316 e. The molecule has 0 bridgehead atoms. The van der Waals surface area contributed by atoms with E-state index in [9.17, 15) is 14.9 Å². The first-order valence-corrected chi connectivity index (χ1v) is 11.0. The number of hydrogen-bond donors (Lipinski definition) is 2. The van der Waals surface area contributed by atoms with Gasteiger partial charge in [0.05, 0.1) is 11.3 Å². The second-order valence-electron chi connectivity index (χ2n) is 6.54. The lowest BCUT2D eigenvalue weighted by Gasteiger charge is -2.09. The van der Waals surface area contributed by atoms with Crippen LogP contribution in [0.25, 0.3) is 11.3 Å². The van der Waals surface area contributed by atoms with Crippen LogP contribution < -0.4 is 10.9 Å². The number of nitrogens with zero attached hydrogens (tertiary/aromatic N) is 3. The van der Waals surface area contributed by atoms with E-state index in [1.54, 1.807) is 12.1 Å². The van der Waals surface area contributed by atoms with E-state index in [1.165, 1.54) is 16.2 Å². The molecule has 0 aliphatic heterocycles. The average molecular weight is 424 g/mol. The van der Waals surface area contributed by atoms with Crippen molar-refractivity contribution in [3.63, 3.8) is 0 Å². The molecular weight excluding hydrogens is 406 g/mol. The second kappa shape index (κ2) is 8.59. The maximum Gasteiger partial charge on any atom is 0.278 e. The Hall–Kier alpha value is -2.96. The lowest BCUT2D eigenvalue weighted by Crippen LogP contribution is -2.17. The van der Waals surface area contributed by atoms with E-state index in [4.69, 9.17) is 0 Å². The van der Waals surface area contributed by atoms with Gasteiger partial charge in [0.15, 0.2) is 10.9 Å². The molecule has 7 nitrogen and oxygen atoms in total. The topological polar surface area (TPSA) is 112 Å². The Balaban J connectivity index is 1.42. The first-order chi connectivity index (χ1) is 14.2. The first-order valence-electron chi connectivity index (χ1n) is 9.15. The van der Waals surface area contributed by atoms with Gasteiger partial charge in [-0.25, -0.2) is 0 Å². The van der Waals surface area contributed by atoms with Crippen LogP contribution in [-0.4, -0.2) is 26.8 Å². The van der Waals surface area contributed by atoms with Crippen molar-refractivity contribution in [1.29, 1.82) is 5.26 Å². The van der Waals surface area contributed by atoms with E-state index >= 15 is 0 Å². The number of amides is 1. The van der Waals surface area contributed by atoms with Crippen molar-refractivity contribution < 1.29 is 4.79 Å². The number of benzene rings is 1. The summed E-state index contributed by atoms with van der Waals surface area (Å²) < 4.78 is 0. The smallest absolute Gasteiger partial charge is 0.278 e. The number of carbonyl (C=O) groups excluding carboxylic acids is 1. The van der Waals surface area contributed by atoms with Gasteiger partial charge >= 0.3 is 0 Å². The third kappa shape index (κ3) is 4.23. The van der Waals surface area contributed by atoms with Crippen LogP contribution in [0, 0.1) is 11.3 Å². The van der Waals surface area contributed by atoms with Gasteiger partial charge in [0.2, 0.25) is 5.91 Å². The molecule has 4 rings (SSSR count). The number of thioether (sulfide) groups is 1. The molecule has 2 N–H and O–H groups in total. The summed E-state index contributed by atoms with van der Waals surface area (Å²) in [5, 5.41) is 21.2. The largest absolute Gasteiger partial charge is 0.316 e. The van der Waals surface area contributed by atoms with Crippen LogP contribution in [0.4, 0.5) is 5.00 Å². The third-order valence-corrected chi connectivity index (χ3v) is 6.67. The Bertz CT molecular complexity index is 1150. The average Bonchev–Trinajstić information content (AvgIpc) is 3.09.